The lowest BCUT2D eigenvalue weighted by Crippen LogP contribution is -2.10. The highest BCUT2D eigenvalue weighted by atomic mass is 16.5. The molecule has 2 aromatic rings. The molecule has 1 unspecified atom stereocenters. The SMILES string of the molecule is CC(=O)c1cccc(C2=NC(Cc3ccccc3)CO2)n1. The molecule has 0 aliphatic carbocycles. The number of Topliss-reactive ketones (excluding diaryl/α,β-unsaturated/α-hetero) is 1. The van der Waals surface area contributed by atoms with Gasteiger partial charge in [-0.15, -0.1) is 0 Å². The zero-order valence-corrected chi connectivity index (χ0v) is 11.8. The second kappa shape index (κ2) is 5.87. The molecule has 0 saturated carbocycles. The summed E-state index contributed by atoms with van der Waals surface area (Å²) in [5, 5.41) is 0. The number of hydrogen-bond acceptors (Lipinski definition) is 4. The second-order valence-electron chi connectivity index (χ2n) is 5.05. The molecule has 0 saturated heterocycles. The van der Waals surface area contributed by atoms with Gasteiger partial charge in [0.05, 0.1) is 6.04 Å². The Kier molecular flexibility index (Phi) is 3.77. The molecule has 0 bridgehead atoms. The molecule has 3 rings (SSSR count). The molecule has 4 nitrogen and oxygen atoms in total. The van der Waals surface area contributed by atoms with Crippen LogP contribution in [0.15, 0.2) is 53.5 Å². The first-order chi connectivity index (χ1) is 10.2. The van der Waals surface area contributed by atoms with Crippen molar-refractivity contribution in [1.82, 2.24) is 4.98 Å². The topological polar surface area (TPSA) is 51.5 Å². The van der Waals surface area contributed by atoms with Crippen LogP contribution in [0.4, 0.5) is 0 Å². The number of pyridine rings is 1. The molecule has 0 amide bonds. The lowest BCUT2D eigenvalue weighted by Gasteiger charge is -2.04. The minimum Gasteiger partial charge on any atom is -0.474 e. The van der Waals surface area contributed by atoms with E-state index in [9.17, 15) is 4.79 Å². The molecule has 0 spiro atoms. The fraction of sp³-hybridized carbons (Fsp3) is 0.235. The predicted molar refractivity (Wildman–Crippen MR) is 80.7 cm³/mol. The number of rotatable bonds is 4. The van der Waals surface area contributed by atoms with Gasteiger partial charge in [0, 0.05) is 6.92 Å². The van der Waals surface area contributed by atoms with Crippen LogP contribution in [0.5, 0.6) is 0 Å². The molecule has 2 heterocycles. The van der Waals surface area contributed by atoms with Crippen LogP contribution in [0, 0.1) is 0 Å². The number of ether oxygens (including phenoxy) is 1. The normalized spacial score (nSPS) is 17.2. The van der Waals surface area contributed by atoms with E-state index in [4.69, 9.17) is 4.74 Å². The van der Waals surface area contributed by atoms with Crippen LogP contribution >= 0.6 is 0 Å². The van der Waals surface area contributed by atoms with Crippen molar-refractivity contribution in [2.24, 2.45) is 4.99 Å². The molecule has 0 N–H and O–H groups in total. The van der Waals surface area contributed by atoms with Gasteiger partial charge in [0.2, 0.25) is 5.90 Å². The molecule has 1 aliphatic rings. The van der Waals surface area contributed by atoms with Crippen LogP contribution in [-0.2, 0) is 11.2 Å². The lowest BCUT2D eigenvalue weighted by atomic mass is 10.1. The van der Waals surface area contributed by atoms with Gasteiger partial charge in [0.15, 0.2) is 5.78 Å². The average molecular weight is 280 g/mol. The molecule has 0 fully saturated rings. The van der Waals surface area contributed by atoms with Gasteiger partial charge in [-0.3, -0.25) is 4.79 Å². The largest absolute Gasteiger partial charge is 0.474 e. The Hall–Kier alpha value is -2.49. The summed E-state index contributed by atoms with van der Waals surface area (Å²) >= 11 is 0. The number of carbonyl (C=O) groups is 1. The maximum atomic E-state index is 11.4. The van der Waals surface area contributed by atoms with E-state index < -0.39 is 0 Å². The highest BCUT2D eigenvalue weighted by Crippen LogP contribution is 2.15. The van der Waals surface area contributed by atoms with Crippen molar-refractivity contribution in [1.29, 1.82) is 0 Å². The molecule has 1 aromatic carbocycles. The highest BCUT2D eigenvalue weighted by molar-refractivity contribution is 5.96. The van der Waals surface area contributed by atoms with Gasteiger partial charge in [-0.05, 0) is 24.1 Å². The monoisotopic (exact) mass is 280 g/mol. The molecular formula is C17H16N2O2. The van der Waals surface area contributed by atoms with E-state index in [-0.39, 0.29) is 11.8 Å². The Morgan fingerprint density at radius 1 is 1.19 bits per heavy atom. The summed E-state index contributed by atoms with van der Waals surface area (Å²) < 4.78 is 5.63. The first kappa shape index (κ1) is 13.5. The average Bonchev–Trinajstić information content (AvgIpc) is 2.97. The van der Waals surface area contributed by atoms with Crippen LogP contribution in [0.2, 0.25) is 0 Å². The van der Waals surface area contributed by atoms with E-state index in [2.05, 4.69) is 22.1 Å². The quantitative estimate of drug-likeness (QED) is 0.809. The van der Waals surface area contributed by atoms with E-state index >= 15 is 0 Å². The first-order valence-corrected chi connectivity index (χ1v) is 6.95. The summed E-state index contributed by atoms with van der Waals surface area (Å²) in [5.41, 5.74) is 2.30. The van der Waals surface area contributed by atoms with Crippen LogP contribution in [-0.4, -0.2) is 29.3 Å². The molecule has 1 atom stereocenters. The minimum absolute atomic E-state index is 0.0590. The molecule has 0 radical (unpaired) electrons. The van der Waals surface area contributed by atoms with Crippen molar-refractivity contribution in [3.63, 3.8) is 0 Å². The van der Waals surface area contributed by atoms with Crippen molar-refractivity contribution < 1.29 is 9.53 Å². The smallest absolute Gasteiger partial charge is 0.235 e. The van der Waals surface area contributed by atoms with E-state index in [1.807, 2.05) is 24.3 Å². The minimum atomic E-state index is -0.0590. The number of nitrogens with zero attached hydrogens (tertiary/aromatic N) is 2. The Morgan fingerprint density at radius 2 is 2.00 bits per heavy atom. The van der Waals surface area contributed by atoms with E-state index in [0.29, 0.717) is 23.9 Å². The zero-order chi connectivity index (χ0) is 14.7. The van der Waals surface area contributed by atoms with Crippen LogP contribution < -0.4 is 0 Å². The van der Waals surface area contributed by atoms with Gasteiger partial charge in [-0.25, -0.2) is 9.98 Å². The number of carbonyl (C=O) groups excluding carboxylic acids is 1. The highest BCUT2D eigenvalue weighted by Gasteiger charge is 2.21. The summed E-state index contributed by atoms with van der Waals surface area (Å²) in [7, 11) is 0. The summed E-state index contributed by atoms with van der Waals surface area (Å²) in [6.07, 6.45) is 0.844. The van der Waals surface area contributed by atoms with E-state index in [0.717, 1.165) is 6.42 Å². The fourth-order valence-corrected chi connectivity index (χ4v) is 2.30. The number of aliphatic imine (C=N–C) groups is 1. The fourth-order valence-electron chi connectivity index (χ4n) is 2.30. The van der Waals surface area contributed by atoms with Crippen molar-refractivity contribution in [2.75, 3.05) is 6.61 Å². The van der Waals surface area contributed by atoms with Gasteiger partial charge in [-0.1, -0.05) is 36.4 Å². The van der Waals surface area contributed by atoms with Crippen molar-refractivity contribution in [3.05, 3.63) is 65.5 Å². The van der Waals surface area contributed by atoms with Gasteiger partial charge in [0.25, 0.3) is 0 Å². The molecule has 21 heavy (non-hydrogen) atoms. The third-order valence-electron chi connectivity index (χ3n) is 3.36. The Balaban J connectivity index is 1.77. The lowest BCUT2D eigenvalue weighted by molar-refractivity contribution is 0.101. The van der Waals surface area contributed by atoms with Crippen molar-refractivity contribution in [3.8, 4) is 0 Å². The van der Waals surface area contributed by atoms with Crippen molar-refractivity contribution >= 4 is 11.7 Å². The third kappa shape index (κ3) is 3.16. The second-order valence-corrected chi connectivity index (χ2v) is 5.05. The number of ketones is 1. The molecule has 1 aromatic heterocycles. The Bertz CT molecular complexity index is 680. The maximum absolute atomic E-state index is 11.4. The van der Waals surface area contributed by atoms with Crippen LogP contribution in [0.3, 0.4) is 0 Å². The number of aromatic nitrogens is 1. The standard InChI is InChI=1S/C17H16N2O2/c1-12(20)15-8-5-9-16(19-15)17-18-14(11-21-17)10-13-6-3-2-4-7-13/h2-9,14H,10-11H2,1H3. The van der Waals surface area contributed by atoms with Crippen molar-refractivity contribution in [2.45, 2.75) is 19.4 Å². The summed E-state index contributed by atoms with van der Waals surface area (Å²) in [5.74, 6) is 0.468. The zero-order valence-electron chi connectivity index (χ0n) is 11.8. The first-order valence-electron chi connectivity index (χ1n) is 6.95. The summed E-state index contributed by atoms with van der Waals surface area (Å²) in [6, 6.07) is 15.6. The van der Waals surface area contributed by atoms with E-state index in [1.54, 1.807) is 12.1 Å². The molecule has 4 heteroatoms. The maximum Gasteiger partial charge on any atom is 0.235 e. The summed E-state index contributed by atoms with van der Waals surface area (Å²) in [6.45, 7) is 2.05. The summed E-state index contributed by atoms with van der Waals surface area (Å²) in [4.78, 5) is 20.2. The number of hydrogen-bond donors (Lipinski definition) is 0. The third-order valence-corrected chi connectivity index (χ3v) is 3.36. The Labute approximate surface area is 123 Å². The van der Waals surface area contributed by atoms with Gasteiger partial charge in [-0.2, -0.15) is 0 Å². The van der Waals surface area contributed by atoms with Gasteiger partial charge < -0.3 is 4.74 Å². The van der Waals surface area contributed by atoms with Gasteiger partial charge in [0.1, 0.15) is 18.0 Å². The van der Waals surface area contributed by atoms with E-state index in [1.165, 1.54) is 12.5 Å². The molecule has 106 valence electrons. The molecule has 1 aliphatic heterocycles. The van der Waals surface area contributed by atoms with Crippen LogP contribution in [0.25, 0.3) is 0 Å². The predicted octanol–water partition coefficient (Wildman–Crippen LogP) is 2.67. The van der Waals surface area contributed by atoms with Crippen LogP contribution in [0.1, 0.15) is 28.7 Å². The van der Waals surface area contributed by atoms with Gasteiger partial charge >= 0.3 is 0 Å². The Morgan fingerprint density at radius 3 is 2.76 bits per heavy atom. The molecular weight excluding hydrogens is 264 g/mol. The number of benzene rings is 1.